The van der Waals surface area contributed by atoms with Gasteiger partial charge in [-0.3, -0.25) is 4.79 Å². The minimum absolute atomic E-state index is 0. The van der Waals surface area contributed by atoms with Gasteiger partial charge in [0.05, 0.1) is 0 Å². The Morgan fingerprint density at radius 2 is 1.54 bits per heavy atom. The maximum Gasteiger partial charge on any atom is 0.255 e. The molecule has 1 amide bonds. The first-order valence-electron chi connectivity index (χ1n) is 9.49. The van der Waals surface area contributed by atoms with E-state index in [4.69, 9.17) is 5.73 Å². The van der Waals surface area contributed by atoms with Crippen molar-refractivity contribution in [2.45, 2.75) is 31.2 Å². The second-order valence-corrected chi connectivity index (χ2v) is 7.27. The molecule has 1 aliphatic rings. The van der Waals surface area contributed by atoms with E-state index >= 15 is 0 Å². The molecule has 1 saturated carbocycles. The Morgan fingerprint density at radius 3 is 2.21 bits per heavy atom. The number of hydrogen-bond donors (Lipinski definition) is 2. The van der Waals surface area contributed by atoms with Crippen LogP contribution < -0.4 is 11.1 Å². The fourth-order valence-electron chi connectivity index (χ4n) is 3.42. The number of carbonyl (C=O) groups excluding carboxylic acids is 1. The summed E-state index contributed by atoms with van der Waals surface area (Å²) >= 11 is 0. The van der Waals surface area contributed by atoms with Crippen molar-refractivity contribution >= 4 is 24.0 Å². The fourth-order valence-corrected chi connectivity index (χ4v) is 3.42. The molecule has 0 heterocycles. The van der Waals surface area contributed by atoms with Gasteiger partial charge < -0.3 is 11.1 Å². The van der Waals surface area contributed by atoms with Gasteiger partial charge in [-0.2, -0.15) is 0 Å². The van der Waals surface area contributed by atoms with Crippen LogP contribution in [0.2, 0.25) is 0 Å². The predicted molar refractivity (Wildman–Crippen MR) is 117 cm³/mol. The van der Waals surface area contributed by atoms with Crippen LogP contribution in [0.4, 0.5) is 5.69 Å². The molecule has 1 fully saturated rings. The smallest absolute Gasteiger partial charge is 0.255 e. The second kappa shape index (κ2) is 9.05. The fraction of sp³-hybridized carbons (Fsp3) is 0.208. The van der Waals surface area contributed by atoms with Crippen LogP contribution in [-0.2, 0) is 12.8 Å². The maximum absolute atomic E-state index is 12.6. The molecule has 0 aliphatic heterocycles. The molecule has 2 unspecified atom stereocenters. The molecule has 28 heavy (non-hydrogen) atoms. The quantitative estimate of drug-likeness (QED) is 0.622. The number of amides is 1. The van der Waals surface area contributed by atoms with E-state index in [9.17, 15) is 4.79 Å². The summed E-state index contributed by atoms with van der Waals surface area (Å²) < 4.78 is 0. The molecule has 1 aliphatic carbocycles. The summed E-state index contributed by atoms with van der Waals surface area (Å²) in [6.07, 6.45) is 2.94. The third-order valence-electron chi connectivity index (χ3n) is 5.17. The highest BCUT2D eigenvalue weighted by Gasteiger charge is 2.34. The number of halogens is 1. The Morgan fingerprint density at radius 1 is 0.893 bits per heavy atom. The normalized spacial score (nSPS) is 17.5. The Labute approximate surface area is 172 Å². The number of carbonyl (C=O) groups is 1. The lowest BCUT2D eigenvalue weighted by Gasteiger charge is -2.08. The van der Waals surface area contributed by atoms with Crippen molar-refractivity contribution in [1.82, 2.24) is 0 Å². The predicted octanol–water partition coefficient (Wildman–Crippen LogP) is 4.96. The molecule has 3 N–H and O–H groups in total. The molecular formula is C24H25ClN2O. The van der Waals surface area contributed by atoms with Gasteiger partial charge in [-0.05, 0) is 60.2 Å². The molecule has 0 radical (unpaired) electrons. The zero-order valence-corrected chi connectivity index (χ0v) is 16.5. The van der Waals surface area contributed by atoms with E-state index in [1.807, 2.05) is 36.4 Å². The van der Waals surface area contributed by atoms with Crippen LogP contribution in [-0.4, -0.2) is 11.9 Å². The number of aryl methyl sites for hydroxylation is 2. The third kappa shape index (κ3) is 5.00. The lowest BCUT2D eigenvalue weighted by atomic mass is 10.0. The van der Waals surface area contributed by atoms with E-state index in [2.05, 4.69) is 47.8 Å². The first kappa shape index (κ1) is 20.1. The largest absolute Gasteiger partial charge is 0.327 e. The first-order chi connectivity index (χ1) is 13.2. The van der Waals surface area contributed by atoms with Gasteiger partial charge in [0.25, 0.3) is 5.91 Å². The standard InChI is InChI=1S/C24H24N2O.ClH/c25-23-16-22(23)19-11-13-21(14-12-19)26-24(27)20-8-4-7-18(15-20)10-9-17-5-2-1-3-6-17;/h1-8,11-15,22-23H,9-10,16,25H2,(H,26,27);1H. The van der Waals surface area contributed by atoms with Crippen LogP contribution in [0.1, 0.15) is 39.4 Å². The lowest BCUT2D eigenvalue weighted by molar-refractivity contribution is 0.102. The van der Waals surface area contributed by atoms with E-state index in [0.29, 0.717) is 17.5 Å². The van der Waals surface area contributed by atoms with Gasteiger partial charge in [-0.25, -0.2) is 0 Å². The summed E-state index contributed by atoms with van der Waals surface area (Å²) in [4.78, 5) is 12.6. The molecule has 3 aromatic carbocycles. The zero-order chi connectivity index (χ0) is 18.6. The van der Waals surface area contributed by atoms with Crippen LogP contribution in [0.5, 0.6) is 0 Å². The van der Waals surface area contributed by atoms with Crippen LogP contribution in [0.25, 0.3) is 0 Å². The SMILES string of the molecule is Cl.NC1CC1c1ccc(NC(=O)c2cccc(CCc3ccccc3)c2)cc1. The number of nitrogens with one attached hydrogen (secondary N) is 1. The van der Waals surface area contributed by atoms with E-state index in [1.54, 1.807) is 0 Å². The lowest BCUT2D eigenvalue weighted by Crippen LogP contribution is -2.12. The van der Waals surface area contributed by atoms with Crippen LogP contribution in [0.15, 0.2) is 78.9 Å². The number of hydrogen-bond acceptors (Lipinski definition) is 2. The van der Waals surface area contributed by atoms with Crippen molar-refractivity contribution in [2.24, 2.45) is 5.73 Å². The number of benzene rings is 3. The Hall–Kier alpha value is -2.62. The molecular weight excluding hydrogens is 368 g/mol. The van der Waals surface area contributed by atoms with E-state index in [-0.39, 0.29) is 18.3 Å². The van der Waals surface area contributed by atoms with Gasteiger partial charge in [0, 0.05) is 23.2 Å². The molecule has 0 spiro atoms. The van der Waals surface area contributed by atoms with Gasteiger partial charge in [0.2, 0.25) is 0 Å². The molecule has 2 atom stereocenters. The number of rotatable bonds is 6. The minimum Gasteiger partial charge on any atom is -0.327 e. The molecule has 0 aromatic heterocycles. The minimum atomic E-state index is -0.0764. The van der Waals surface area contributed by atoms with Crippen LogP contribution in [0, 0.1) is 0 Å². The first-order valence-corrected chi connectivity index (χ1v) is 9.49. The van der Waals surface area contributed by atoms with Crippen molar-refractivity contribution in [3.63, 3.8) is 0 Å². The molecule has 144 valence electrons. The maximum atomic E-state index is 12.6. The Balaban J connectivity index is 0.00000225. The molecule has 3 aromatic rings. The summed E-state index contributed by atoms with van der Waals surface area (Å²) in [7, 11) is 0. The number of anilines is 1. The molecule has 0 saturated heterocycles. The van der Waals surface area contributed by atoms with Crippen LogP contribution in [0.3, 0.4) is 0 Å². The van der Waals surface area contributed by atoms with Crippen molar-refractivity contribution in [1.29, 1.82) is 0 Å². The van der Waals surface area contributed by atoms with Gasteiger partial charge >= 0.3 is 0 Å². The molecule has 3 nitrogen and oxygen atoms in total. The highest BCUT2D eigenvalue weighted by atomic mass is 35.5. The van der Waals surface area contributed by atoms with Gasteiger partial charge in [-0.15, -0.1) is 12.4 Å². The van der Waals surface area contributed by atoms with Gasteiger partial charge in [0.1, 0.15) is 0 Å². The molecule has 4 rings (SSSR count). The second-order valence-electron chi connectivity index (χ2n) is 7.27. The zero-order valence-electron chi connectivity index (χ0n) is 15.7. The summed E-state index contributed by atoms with van der Waals surface area (Å²) in [6, 6.07) is 26.6. The molecule has 0 bridgehead atoms. The van der Waals surface area contributed by atoms with E-state index in [1.165, 1.54) is 16.7 Å². The monoisotopic (exact) mass is 392 g/mol. The van der Waals surface area contributed by atoms with E-state index in [0.717, 1.165) is 24.9 Å². The van der Waals surface area contributed by atoms with Gasteiger partial charge in [-0.1, -0.05) is 54.6 Å². The van der Waals surface area contributed by atoms with Crippen molar-refractivity contribution < 1.29 is 4.79 Å². The number of nitrogens with two attached hydrogens (primary N) is 1. The average Bonchev–Trinajstić information content (AvgIpc) is 3.44. The summed E-state index contributed by atoms with van der Waals surface area (Å²) in [5, 5.41) is 2.99. The Kier molecular flexibility index (Phi) is 6.50. The Bertz CT molecular complexity index is 925. The summed E-state index contributed by atoms with van der Waals surface area (Å²) in [5.41, 5.74) is 11.1. The summed E-state index contributed by atoms with van der Waals surface area (Å²) in [6.45, 7) is 0. The summed E-state index contributed by atoms with van der Waals surface area (Å²) in [5.74, 6) is 0.406. The van der Waals surface area contributed by atoms with Crippen molar-refractivity contribution in [2.75, 3.05) is 5.32 Å². The van der Waals surface area contributed by atoms with Crippen molar-refractivity contribution in [3.8, 4) is 0 Å². The van der Waals surface area contributed by atoms with Gasteiger partial charge in [0.15, 0.2) is 0 Å². The van der Waals surface area contributed by atoms with E-state index < -0.39 is 0 Å². The molecule has 4 heteroatoms. The third-order valence-corrected chi connectivity index (χ3v) is 5.17. The topological polar surface area (TPSA) is 55.1 Å². The van der Waals surface area contributed by atoms with Crippen LogP contribution >= 0.6 is 12.4 Å². The highest BCUT2D eigenvalue weighted by Crippen LogP contribution is 2.39. The van der Waals surface area contributed by atoms with Crippen molar-refractivity contribution in [3.05, 3.63) is 101 Å². The highest BCUT2D eigenvalue weighted by molar-refractivity contribution is 6.04. The average molecular weight is 393 g/mol.